The van der Waals surface area contributed by atoms with Gasteiger partial charge >= 0.3 is 5.97 Å². The molecule has 3 atom stereocenters. The number of carbonyl (C=O) groups excluding carboxylic acids is 2. The zero-order valence-electron chi connectivity index (χ0n) is 36.1. The van der Waals surface area contributed by atoms with Gasteiger partial charge in [0, 0.05) is 24.7 Å². The van der Waals surface area contributed by atoms with E-state index in [9.17, 15) is 9.59 Å². The van der Waals surface area contributed by atoms with E-state index in [1.165, 1.54) is 55.4 Å². The van der Waals surface area contributed by atoms with Crippen LogP contribution in [-0.2, 0) is 16.0 Å². The van der Waals surface area contributed by atoms with Gasteiger partial charge in [-0.3, -0.25) is 4.79 Å². The minimum absolute atomic E-state index is 0.0644. The van der Waals surface area contributed by atoms with Gasteiger partial charge < -0.3 is 15.0 Å². The van der Waals surface area contributed by atoms with Crippen LogP contribution in [0.1, 0.15) is 143 Å². The summed E-state index contributed by atoms with van der Waals surface area (Å²) in [5.74, 6) is 1.19. The van der Waals surface area contributed by atoms with Crippen LogP contribution in [-0.4, -0.2) is 31.6 Å². The molecule has 2 aromatic carbocycles. The number of benzene rings is 2. The second-order valence-electron chi connectivity index (χ2n) is 16.2. The average Bonchev–Trinajstić information content (AvgIpc) is 3.61. The second kappa shape index (κ2) is 24.7. The molecule has 3 aromatic rings. The molecule has 56 heavy (non-hydrogen) atoms. The number of nitrogens with zero attached hydrogens (tertiary/aromatic N) is 5. The predicted octanol–water partition coefficient (Wildman–Crippen LogP) is 14.8. The summed E-state index contributed by atoms with van der Waals surface area (Å²) in [5, 5.41) is 22.3. The van der Waals surface area contributed by atoms with Crippen molar-refractivity contribution >= 4 is 56.0 Å². The zero-order valence-corrected chi connectivity index (χ0v) is 36.9. The molecule has 0 aliphatic heterocycles. The lowest BCUT2D eigenvalue weighted by molar-refractivity contribution is -0.119. The van der Waals surface area contributed by atoms with Gasteiger partial charge in [-0.05, 0) is 91.3 Å². The summed E-state index contributed by atoms with van der Waals surface area (Å²) in [4.78, 5) is 29.3. The Balaban J connectivity index is 2.06. The van der Waals surface area contributed by atoms with Crippen LogP contribution in [0.5, 0.6) is 0 Å². The Bertz CT molecular complexity index is 1660. The van der Waals surface area contributed by atoms with Gasteiger partial charge in [-0.1, -0.05) is 131 Å². The van der Waals surface area contributed by atoms with Crippen LogP contribution in [0.15, 0.2) is 69.0 Å². The van der Waals surface area contributed by atoms with Crippen molar-refractivity contribution in [1.29, 1.82) is 0 Å². The molecule has 1 N–H and O–H groups in total. The average molecular weight is 787 g/mol. The largest absolute Gasteiger partial charge is 0.462 e. The van der Waals surface area contributed by atoms with Gasteiger partial charge in [0.25, 0.3) is 0 Å². The molecule has 3 unspecified atom stereocenters. The third kappa shape index (κ3) is 15.5. The highest BCUT2D eigenvalue weighted by Gasteiger charge is 2.22. The van der Waals surface area contributed by atoms with E-state index in [0.29, 0.717) is 39.1 Å². The number of nitrogens with one attached hydrogen (secondary N) is 1. The standard InChI is InChI=1S/C46H70N6O3S/c1-11-16-18-35(14-4)29-52(30-36(15-5)19-17-12-2)39-24-25-41(42(27-39)47-44(53)34(10)13-3)49-51-45-40(46(54)55-31-33(8)9)28-43(56-45)50-48-38-22-20-37(21-23-38)26-32(6)7/h20-25,27-28,32-36H,11-19,26,29-31H2,1-10H3,(H,47,53). The molecule has 0 bridgehead atoms. The Morgan fingerprint density at radius 2 is 1.39 bits per heavy atom. The van der Waals surface area contributed by atoms with Crippen molar-refractivity contribution in [3.8, 4) is 0 Å². The van der Waals surface area contributed by atoms with Crippen molar-refractivity contribution in [2.75, 3.05) is 29.9 Å². The van der Waals surface area contributed by atoms with Crippen LogP contribution < -0.4 is 10.2 Å². The van der Waals surface area contributed by atoms with E-state index in [1.807, 2.05) is 45.9 Å². The normalized spacial score (nSPS) is 13.5. The molecule has 9 nitrogen and oxygen atoms in total. The number of thiophene rings is 1. The molecular weight excluding hydrogens is 717 g/mol. The second-order valence-corrected chi connectivity index (χ2v) is 17.2. The minimum atomic E-state index is -0.484. The molecule has 0 saturated heterocycles. The number of rotatable bonds is 25. The van der Waals surface area contributed by atoms with Crippen LogP contribution >= 0.6 is 11.3 Å². The van der Waals surface area contributed by atoms with Gasteiger partial charge in [0.15, 0.2) is 5.00 Å². The molecule has 0 aliphatic carbocycles. The van der Waals surface area contributed by atoms with Gasteiger partial charge in [-0.15, -0.1) is 20.5 Å². The lowest BCUT2D eigenvalue weighted by atomic mass is 9.95. The molecule has 3 rings (SSSR count). The van der Waals surface area contributed by atoms with Gasteiger partial charge in [0.1, 0.15) is 16.3 Å². The molecule has 0 fully saturated rings. The Labute approximate surface area is 342 Å². The summed E-state index contributed by atoms with van der Waals surface area (Å²) >= 11 is 1.22. The van der Waals surface area contributed by atoms with E-state index in [4.69, 9.17) is 4.74 Å². The van der Waals surface area contributed by atoms with Crippen molar-refractivity contribution in [2.45, 2.75) is 133 Å². The monoisotopic (exact) mass is 787 g/mol. The minimum Gasteiger partial charge on any atom is -0.462 e. The molecular formula is C46H70N6O3S. The highest BCUT2D eigenvalue weighted by atomic mass is 32.1. The van der Waals surface area contributed by atoms with Gasteiger partial charge in [0.2, 0.25) is 5.91 Å². The third-order valence-corrected chi connectivity index (χ3v) is 11.2. The quantitative estimate of drug-likeness (QED) is 0.0681. The van der Waals surface area contributed by atoms with Crippen LogP contribution in [0.25, 0.3) is 0 Å². The van der Waals surface area contributed by atoms with Crippen molar-refractivity contribution < 1.29 is 14.3 Å². The Morgan fingerprint density at radius 1 is 0.750 bits per heavy atom. The number of carbonyl (C=O) groups is 2. The molecule has 0 saturated carbocycles. The van der Waals surface area contributed by atoms with Crippen LogP contribution in [0.2, 0.25) is 0 Å². The highest BCUT2D eigenvalue weighted by molar-refractivity contribution is 7.19. The Morgan fingerprint density at radius 3 is 1.95 bits per heavy atom. The Hall–Kier alpha value is -3.92. The first-order valence-corrected chi connectivity index (χ1v) is 22.2. The van der Waals surface area contributed by atoms with Crippen LogP contribution in [0, 0.1) is 29.6 Å². The maximum absolute atomic E-state index is 13.4. The van der Waals surface area contributed by atoms with Crippen molar-refractivity contribution in [2.24, 2.45) is 50.0 Å². The highest BCUT2D eigenvalue weighted by Crippen LogP contribution is 2.40. The number of hydrogen-bond acceptors (Lipinski definition) is 9. The summed E-state index contributed by atoms with van der Waals surface area (Å²) in [6.45, 7) is 23.7. The molecule has 0 spiro atoms. The van der Waals surface area contributed by atoms with Gasteiger partial charge in [-0.25, -0.2) is 4.79 Å². The first kappa shape index (κ1) is 46.5. The number of unbranched alkanes of at least 4 members (excludes halogenated alkanes) is 2. The molecule has 0 aliphatic rings. The summed E-state index contributed by atoms with van der Waals surface area (Å²) in [6.07, 6.45) is 11.2. The summed E-state index contributed by atoms with van der Waals surface area (Å²) in [6, 6.07) is 15.8. The number of amides is 1. The molecule has 1 aromatic heterocycles. The maximum atomic E-state index is 13.4. The van der Waals surface area contributed by atoms with E-state index in [1.54, 1.807) is 6.07 Å². The van der Waals surface area contributed by atoms with Gasteiger partial charge in [-0.2, -0.15) is 0 Å². The van der Waals surface area contributed by atoms with E-state index in [0.717, 1.165) is 50.1 Å². The maximum Gasteiger partial charge on any atom is 0.341 e. The van der Waals surface area contributed by atoms with E-state index >= 15 is 0 Å². The molecule has 0 radical (unpaired) electrons. The van der Waals surface area contributed by atoms with Crippen molar-refractivity contribution in [3.63, 3.8) is 0 Å². The van der Waals surface area contributed by atoms with E-state index in [2.05, 4.69) is 96.5 Å². The first-order chi connectivity index (χ1) is 26.9. The Kier molecular flexibility index (Phi) is 20.5. The zero-order chi connectivity index (χ0) is 41.0. The summed E-state index contributed by atoms with van der Waals surface area (Å²) in [5.41, 5.74) is 4.45. The van der Waals surface area contributed by atoms with E-state index in [-0.39, 0.29) is 29.9 Å². The van der Waals surface area contributed by atoms with E-state index < -0.39 is 5.97 Å². The number of hydrogen-bond donors (Lipinski definition) is 1. The lowest BCUT2D eigenvalue weighted by Gasteiger charge is -2.33. The number of azo groups is 2. The van der Waals surface area contributed by atoms with Gasteiger partial charge in [0.05, 0.1) is 18.0 Å². The lowest BCUT2D eigenvalue weighted by Crippen LogP contribution is -2.34. The molecule has 10 heteroatoms. The topological polar surface area (TPSA) is 108 Å². The van der Waals surface area contributed by atoms with Crippen LogP contribution in [0.3, 0.4) is 0 Å². The fourth-order valence-corrected chi connectivity index (χ4v) is 7.22. The fourth-order valence-electron chi connectivity index (χ4n) is 6.43. The van der Waals surface area contributed by atoms with Crippen molar-refractivity contribution in [1.82, 2.24) is 0 Å². The number of anilines is 2. The smallest absolute Gasteiger partial charge is 0.341 e. The van der Waals surface area contributed by atoms with Crippen LogP contribution in [0.4, 0.5) is 32.8 Å². The molecule has 308 valence electrons. The van der Waals surface area contributed by atoms with Crippen molar-refractivity contribution in [3.05, 3.63) is 59.7 Å². The third-order valence-electron chi connectivity index (χ3n) is 10.3. The number of esters is 1. The fraction of sp³-hybridized carbons (Fsp3) is 0.609. The number of ether oxygens (including phenoxy) is 1. The summed E-state index contributed by atoms with van der Waals surface area (Å²) in [7, 11) is 0. The molecule has 1 heterocycles. The summed E-state index contributed by atoms with van der Waals surface area (Å²) < 4.78 is 5.62. The molecule has 1 amide bonds. The predicted molar refractivity (Wildman–Crippen MR) is 236 cm³/mol. The first-order valence-electron chi connectivity index (χ1n) is 21.3. The SMILES string of the molecule is CCCCC(CC)CN(CC(CC)CCCC)c1ccc(N=Nc2sc(N=Nc3ccc(CC(C)C)cc3)cc2C(=O)OCC(C)C)c(NC(=O)C(C)CC)c1.